The van der Waals surface area contributed by atoms with Crippen molar-refractivity contribution in [2.75, 3.05) is 4.72 Å². The number of halogens is 1. The van der Waals surface area contributed by atoms with E-state index in [2.05, 4.69) is 22.1 Å². The van der Waals surface area contributed by atoms with Crippen LogP contribution in [-0.4, -0.2) is 24.2 Å². The van der Waals surface area contributed by atoms with Gasteiger partial charge < -0.3 is 5.32 Å². The van der Waals surface area contributed by atoms with Gasteiger partial charge in [-0.25, -0.2) is 17.5 Å². The van der Waals surface area contributed by atoms with Gasteiger partial charge in [0.05, 0.1) is 10.6 Å². The van der Waals surface area contributed by atoms with Crippen LogP contribution in [-0.2, 0) is 16.6 Å². The summed E-state index contributed by atoms with van der Waals surface area (Å²) >= 11 is 0. The molecule has 2 N–H and O–H groups in total. The van der Waals surface area contributed by atoms with Crippen molar-refractivity contribution in [1.29, 1.82) is 0 Å². The average molecular weight is 471 g/mol. The lowest BCUT2D eigenvalue weighted by molar-refractivity contribution is 0.305. The molecule has 0 unspecified atom stereocenters. The molecule has 1 aliphatic carbocycles. The normalized spacial score (nSPS) is 15.9. The Morgan fingerprint density at radius 3 is 2.64 bits per heavy atom. The maximum atomic E-state index is 14.6. The Hall–Kier alpha value is -2.71. The number of nitrogens with one attached hydrogen (secondary N) is 2. The predicted molar refractivity (Wildman–Crippen MR) is 128 cm³/mol. The summed E-state index contributed by atoms with van der Waals surface area (Å²) in [5.74, 6) is 0.114. The summed E-state index contributed by atoms with van der Waals surface area (Å²) in [5.41, 5.74) is 1.53. The highest BCUT2D eigenvalue weighted by Gasteiger charge is 2.20. The topological polar surface area (TPSA) is 76.0 Å². The second-order valence-electron chi connectivity index (χ2n) is 8.85. The zero-order chi connectivity index (χ0) is 23.3. The number of hydrogen-bond acceptors (Lipinski definition) is 4. The van der Waals surface area contributed by atoms with Gasteiger partial charge in [-0.05, 0) is 55.2 Å². The van der Waals surface area contributed by atoms with Crippen molar-refractivity contribution in [3.05, 3.63) is 72.3 Å². The number of sulfonamides is 1. The molecule has 0 bridgehead atoms. The first-order valence-electron chi connectivity index (χ1n) is 11.6. The molecule has 1 heterocycles. The molecule has 1 aliphatic rings. The van der Waals surface area contributed by atoms with Crippen LogP contribution in [0.2, 0.25) is 0 Å². The third-order valence-electron chi connectivity index (χ3n) is 6.29. The highest BCUT2D eigenvalue weighted by molar-refractivity contribution is 7.92. The predicted octanol–water partition coefficient (Wildman–Crippen LogP) is 5.26. The summed E-state index contributed by atoms with van der Waals surface area (Å²) in [6.45, 7) is 2.74. The number of para-hydroxylation sites is 1. The highest BCUT2D eigenvalue weighted by Crippen LogP contribution is 2.28. The molecule has 1 fully saturated rings. The van der Waals surface area contributed by atoms with Gasteiger partial charge in [-0.3, -0.25) is 4.72 Å². The van der Waals surface area contributed by atoms with Crippen molar-refractivity contribution in [2.24, 2.45) is 5.92 Å². The van der Waals surface area contributed by atoms with Gasteiger partial charge in [0.2, 0.25) is 0 Å². The van der Waals surface area contributed by atoms with Crippen molar-refractivity contribution in [3.63, 3.8) is 0 Å². The van der Waals surface area contributed by atoms with E-state index in [1.54, 1.807) is 24.4 Å². The van der Waals surface area contributed by atoms with Gasteiger partial charge in [-0.15, -0.1) is 0 Å². The molecule has 176 valence electrons. The fourth-order valence-corrected chi connectivity index (χ4v) is 5.63. The molecule has 2 aromatic carbocycles. The van der Waals surface area contributed by atoms with Crippen LogP contribution in [0.1, 0.15) is 51.0 Å². The first-order valence-corrected chi connectivity index (χ1v) is 13.0. The summed E-state index contributed by atoms with van der Waals surface area (Å²) in [5, 5.41) is 7.53. The van der Waals surface area contributed by atoms with Crippen LogP contribution >= 0.6 is 0 Å². The van der Waals surface area contributed by atoms with E-state index in [0.29, 0.717) is 18.3 Å². The van der Waals surface area contributed by atoms with Gasteiger partial charge in [0.1, 0.15) is 11.5 Å². The smallest absolute Gasteiger partial charge is 0.262 e. The number of nitrogens with zero attached hydrogens (tertiary/aromatic N) is 2. The van der Waals surface area contributed by atoms with Crippen LogP contribution in [0.3, 0.4) is 0 Å². The van der Waals surface area contributed by atoms with Crippen LogP contribution < -0.4 is 10.0 Å². The molecule has 33 heavy (non-hydrogen) atoms. The molecule has 0 amide bonds. The van der Waals surface area contributed by atoms with E-state index in [1.807, 2.05) is 12.1 Å². The monoisotopic (exact) mass is 470 g/mol. The molecule has 1 aromatic heterocycles. The lowest BCUT2D eigenvalue weighted by Crippen LogP contribution is -2.29. The van der Waals surface area contributed by atoms with E-state index in [4.69, 9.17) is 0 Å². The maximum Gasteiger partial charge on any atom is 0.262 e. The molecule has 1 atom stereocenters. The molecule has 6 nitrogen and oxygen atoms in total. The number of anilines is 1. The first kappa shape index (κ1) is 23.4. The van der Waals surface area contributed by atoms with Crippen LogP contribution in [0, 0.1) is 11.7 Å². The minimum atomic E-state index is -3.95. The minimum Gasteiger partial charge on any atom is -0.310 e. The van der Waals surface area contributed by atoms with E-state index in [1.165, 1.54) is 55.1 Å². The van der Waals surface area contributed by atoms with Gasteiger partial charge in [0.25, 0.3) is 10.0 Å². The van der Waals surface area contributed by atoms with E-state index in [-0.39, 0.29) is 10.6 Å². The minimum absolute atomic E-state index is 0.135. The second-order valence-corrected chi connectivity index (χ2v) is 10.5. The van der Waals surface area contributed by atoms with E-state index in [0.717, 1.165) is 24.0 Å². The molecule has 8 heteroatoms. The van der Waals surface area contributed by atoms with Gasteiger partial charge in [0, 0.05) is 25.0 Å². The number of aromatic nitrogens is 2. The van der Waals surface area contributed by atoms with Crippen LogP contribution in [0.15, 0.2) is 65.8 Å². The lowest BCUT2D eigenvalue weighted by atomic mass is 9.85. The Morgan fingerprint density at radius 2 is 1.91 bits per heavy atom. The van der Waals surface area contributed by atoms with Crippen molar-refractivity contribution < 1.29 is 12.8 Å². The molecule has 3 aromatic rings. The maximum absolute atomic E-state index is 14.6. The lowest BCUT2D eigenvalue weighted by Gasteiger charge is -2.25. The number of rotatable bonds is 9. The largest absolute Gasteiger partial charge is 0.310 e. The van der Waals surface area contributed by atoms with E-state index < -0.39 is 15.8 Å². The molecule has 0 spiro atoms. The highest BCUT2D eigenvalue weighted by atomic mass is 32.2. The number of hydrogen-bond donors (Lipinski definition) is 2. The van der Waals surface area contributed by atoms with Gasteiger partial charge in [-0.1, -0.05) is 50.3 Å². The zero-order valence-corrected chi connectivity index (χ0v) is 19.7. The molecule has 1 saturated carbocycles. The van der Waals surface area contributed by atoms with Gasteiger partial charge in [-0.2, -0.15) is 5.10 Å². The van der Waals surface area contributed by atoms with Crippen molar-refractivity contribution in [2.45, 2.75) is 62.9 Å². The van der Waals surface area contributed by atoms with E-state index in [9.17, 15) is 12.8 Å². The van der Waals surface area contributed by atoms with Crippen LogP contribution in [0.25, 0.3) is 5.69 Å². The average Bonchev–Trinajstić information content (AvgIpc) is 3.33. The quantitative estimate of drug-likeness (QED) is 0.447. The van der Waals surface area contributed by atoms with Gasteiger partial charge in [0.15, 0.2) is 0 Å². The molecule has 0 saturated heterocycles. The summed E-state index contributed by atoms with van der Waals surface area (Å²) in [6, 6.07) is 13.1. The van der Waals surface area contributed by atoms with Crippen LogP contribution in [0.5, 0.6) is 0 Å². The summed E-state index contributed by atoms with van der Waals surface area (Å²) < 4.78 is 44.6. The SMILES string of the molecule is C[C@@H](CC1CCCCC1)NCc1ccccc1NS(=O)(=O)c1ccc(-n2cccn2)c(F)c1. The molecular weight excluding hydrogens is 439 g/mol. The Kier molecular flexibility index (Phi) is 7.45. The third kappa shape index (κ3) is 6.00. The van der Waals surface area contributed by atoms with Gasteiger partial charge >= 0.3 is 0 Å². The Morgan fingerprint density at radius 1 is 1.12 bits per heavy atom. The summed E-state index contributed by atoms with van der Waals surface area (Å²) in [4.78, 5) is -0.135. The Balaban J connectivity index is 1.43. The zero-order valence-electron chi connectivity index (χ0n) is 18.9. The molecular formula is C25H31FN4O2S. The molecule has 0 aliphatic heterocycles. The second kappa shape index (κ2) is 10.5. The van der Waals surface area contributed by atoms with E-state index >= 15 is 0 Å². The number of benzene rings is 2. The Labute approximate surface area is 195 Å². The van der Waals surface area contributed by atoms with Crippen LogP contribution in [0.4, 0.5) is 10.1 Å². The standard InChI is InChI=1S/C25H31FN4O2S/c1-19(16-20-8-3-2-4-9-20)27-18-21-10-5-6-11-24(21)29-33(31,32)22-12-13-25(23(26)17-22)30-15-7-14-28-30/h5-7,10-15,17,19-20,27,29H,2-4,8-9,16,18H2,1H3/t19-/m0/s1. The molecule has 4 rings (SSSR count). The summed E-state index contributed by atoms with van der Waals surface area (Å²) in [7, 11) is -3.95. The van der Waals surface area contributed by atoms with Crippen molar-refractivity contribution in [1.82, 2.24) is 15.1 Å². The van der Waals surface area contributed by atoms with Crippen molar-refractivity contribution >= 4 is 15.7 Å². The fourth-order valence-electron chi connectivity index (χ4n) is 4.52. The molecule has 0 radical (unpaired) electrons. The Bertz CT molecular complexity index is 1160. The van der Waals surface area contributed by atoms with Crippen molar-refractivity contribution in [3.8, 4) is 5.69 Å². The first-order chi connectivity index (χ1) is 15.9. The summed E-state index contributed by atoms with van der Waals surface area (Å²) in [6.07, 6.45) is 10.9. The third-order valence-corrected chi connectivity index (χ3v) is 7.66. The fraction of sp³-hybridized carbons (Fsp3) is 0.400.